The van der Waals surface area contributed by atoms with Gasteiger partial charge in [-0.25, -0.2) is 9.48 Å². The van der Waals surface area contributed by atoms with Gasteiger partial charge in [0, 0.05) is 11.8 Å². The van der Waals surface area contributed by atoms with Crippen molar-refractivity contribution >= 4 is 40.9 Å². The van der Waals surface area contributed by atoms with Gasteiger partial charge in [0.2, 0.25) is 0 Å². The first-order valence-electron chi connectivity index (χ1n) is 9.00. The molecule has 0 aliphatic carbocycles. The van der Waals surface area contributed by atoms with Gasteiger partial charge in [0.15, 0.2) is 30.6 Å². The molecule has 0 fully saturated rings. The van der Waals surface area contributed by atoms with Gasteiger partial charge in [0.1, 0.15) is 5.75 Å². The van der Waals surface area contributed by atoms with Crippen LogP contribution in [0.15, 0.2) is 59.9 Å². The topological polar surface area (TPSA) is 144 Å². The number of hydrogen-bond acceptors (Lipinski definition) is 7. The van der Waals surface area contributed by atoms with Crippen molar-refractivity contribution in [3.63, 3.8) is 0 Å². The fourth-order valence-electron chi connectivity index (χ4n) is 2.36. The van der Waals surface area contributed by atoms with Crippen LogP contribution in [-0.2, 0) is 16.4 Å². The molecule has 0 saturated carbocycles. The fraction of sp³-hybridized carbons (Fsp3) is 0.100. The summed E-state index contributed by atoms with van der Waals surface area (Å²) in [5.41, 5.74) is 11.3. The quantitative estimate of drug-likeness (QED) is 0.208. The molecule has 166 valence electrons. The van der Waals surface area contributed by atoms with E-state index in [2.05, 4.69) is 10.3 Å². The Hall–Kier alpha value is -3.76. The maximum atomic E-state index is 12.2. The van der Waals surface area contributed by atoms with Gasteiger partial charge in [-0.3, -0.25) is 4.79 Å². The van der Waals surface area contributed by atoms with Crippen LogP contribution in [0.2, 0.25) is 10.0 Å². The Labute approximate surface area is 192 Å². The molecule has 10 nitrogen and oxygen atoms in total. The maximum Gasteiger partial charge on any atom is 0.385 e. The molecule has 2 aromatic carbocycles. The Bertz CT molecular complexity index is 1130. The van der Waals surface area contributed by atoms with Gasteiger partial charge in [-0.15, -0.1) is 0 Å². The van der Waals surface area contributed by atoms with Crippen molar-refractivity contribution in [3.8, 4) is 11.5 Å². The lowest BCUT2D eigenvalue weighted by Crippen LogP contribution is -2.20. The number of ether oxygens (including phenoxy) is 2. The van der Waals surface area contributed by atoms with E-state index in [1.165, 1.54) is 16.9 Å². The fourth-order valence-corrected chi connectivity index (χ4v) is 2.87. The largest absolute Gasteiger partial charge is 0.484 e. The lowest BCUT2D eigenvalue weighted by atomic mass is 10.2. The minimum absolute atomic E-state index is 0.00870. The summed E-state index contributed by atoms with van der Waals surface area (Å²) in [7, 11) is 0. The van der Waals surface area contributed by atoms with Crippen LogP contribution < -0.4 is 20.9 Å². The zero-order valence-corrected chi connectivity index (χ0v) is 17.9. The molecule has 1 heterocycles. The summed E-state index contributed by atoms with van der Waals surface area (Å²) in [6.45, 7) is -0.282. The number of aromatic nitrogens is 2. The Kier molecular flexibility index (Phi) is 7.53. The van der Waals surface area contributed by atoms with E-state index in [9.17, 15) is 9.59 Å². The highest BCUT2D eigenvalue weighted by Crippen LogP contribution is 2.32. The second-order valence-corrected chi connectivity index (χ2v) is 7.01. The van der Waals surface area contributed by atoms with E-state index in [-0.39, 0.29) is 24.9 Å². The van der Waals surface area contributed by atoms with Crippen molar-refractivity contribution in [2.24, 2.45) is 16.6 Å². The van der Waals surface area contributed by atoms with E-state index in [1.54, 1.807) is 42.5 Å². The van der Waals surface area contributed by atoms with Crippen molar-refractivity contribution in [1.29, 1.82) is 0 Å². The Morgan fingerprint density at radius 1 is 1.00 bits per heavy atom. The van der Waals surface area contributed by atoms with Gasteiger partial charge in [-0.2, -0.15) is 5.10 Å². The van der Waals surface area contributed by atoms with Crippen molar-refractivity contribution in [2.45, 2.75) is 6.73 Å². The van der Waals surface area contributed by atoms with Gasteiger partial charge in [0.05, 0.1) is 10.0 Å². The molecule has 0 aliphatic heterocycles. The standard InChI is InChI=1S/C20H17Cl2N5O5/c21-14-2-1-3-15(22)18(14)31-11-27-9-8-16(25-27)20(29)32-26-19(24)12-4-6-13(7-5-12)30-10-17(23)28/h1-9H,10-11H2,(H2,23,28)(H2,24,26). The summed E-state index contributed by atoms with van der Waals surface area (Å²) in [5.74, 6) is -0.731. The molecule has 0 unspecified atom stereocenters. The van der Waals surface area contributed by atoms with Crippen LogP contribution in [-0.4, -0.2) is 34.1 Å². The minimum atomic E-state index is -0.816. The Morgan fingerprint density at radius 2 is 1.69 bits per heavy atom. The zero-order valence-electron chi connectivity index (χ0n) is 16.4. The number of oxime groups is 1. The molecule has 4 N–H and O–H groups in total. The van der Waals surface area contributed by atoms with Gasteiger partial charge in [-0.1, -0.05) is 34.4 Å². The minimum Gasteiger partial charge on any atom is -0.484 e. The normalized spacial score (nSPS) is 11.1. The molecule has 0 saturated heterocycles. The molecule has 3 aromatic rings. The summed E-state index contributed by atoms with van der Waals surface area (Å²) >= 11 is 12.1. The van der Waals surface area contributed by atoms with Crippen LogP contribution in [0, 0.1) is 0 Å². The molecule has 0 bridgehead atoms. The molecule has 0 spiro atoms. The molecule has 12 heteroatoms. The second-order valence-electron chi connectivity index (χ2n) is 6.20. The molecule has 1 amide bonds. The maximum absolute atomic E-state index is 12.2. The average Bonchev–Trinajstić information content (AvgIpc) is 3.25. The first-order chi connectivity index (χ1) is 15.3. The molecule has 0 radical (unpaired) electrons. The predicted molar refractivity (Wildman–Crippen MR) is 117 cm³/mol. The summed E-state index contributed by atoms with van der Waals surface area (Å²) in [4.78, 5) is 27.7. The van der Waals surface area contributed by atoms with Gasteiger partial charge < -0.3 is 25.8 Å². The number of amidine groups is 1. The predicted octanol–water partition coefficient (Wildman–Crippen LogP) is 2.57. The van der Waals surface area contributed by atoms with Crippen molar-refractivity contribution in [3.05, 3.63) is 76.0 Å². The third kappa shape index (κ3) is 6.13. The molecular weight excluding hydrogens is 461 g/mol. The number of halogens is 2. The smallest absolute Gasteiger partial charge is 0.385 e. The Morgan fingerprint density at radius 3 is 2.34 bits per heavy atom. The third-order valence-corrected chi connectivity index (χ3v) is 4.46. The van der Waals surface area contributed by atoms with Crippen LogP contribution in [0.5, 0.6) is 11.5 Å². The highest BCUT2D eigenvalue weighted by molar-refractivity contribution is 6.37. The number of benzene rings is 2. The summed E-state index contributed by atoms with van der Waals surface area (Å²) in [5, 5.41) is 8.36. The average molecular weight is 478 g/mol. The van der Waals surface area contributed by atoms with E-state index < -0.39 is 11.9 Å². The van der Waals surface area contributed by atoms with E-state index in [0.29, 0.717) is 27.1 Å². The lowest BCUT2D eigenvalue weighted by Gasteiger charge is -2.09. The lowest BCUT2D eigenvalue weighted by molar-refractivity contribution is -0.119. The third-order valence-electron chi connectivity index (χ3n) is 3.87. The molecule has 0 atom stereocenters. The van der Waals surface area contributed by atoms with Crippen LogP contribution in [0.3, 0.4) is 0 Å². The number of nitrogens with zero attached hydrogens (tertiary/aromatic N) is 3. The number of rotatable bonds is 9. The van der Waals surface area contributed by atoms with Gasteiger partial charge >= 0.3 is 5.97 Å². The summed E-state index contributed by atoms with van der Waals surface area (Å²) < 4.78 is 12.0. The van der Waals surface area contributed by atoms with Crippen LogP contribution in [0.25, 0.3) is 0 Å². The number of carbonyl (C=O) groups is 2. The summed E-state index contributed by atoms with van der Waals surface area (Å²) in [6.07, 6.45) is 1.51. The van der Waals surface area contributed by atoms with Crippen LogP contribution >= 0.6 is 23.2 Å². The monoisotopic (exact) mass is 477 g/mol. The number of primary amides is 1. The van der Waals surface area contributed by atoms with Crippen LogP contribution in [0.1, 0.15) is 16.1 Å². The Balaban J connectivity index is 1.56. The molecular formula is C20H17Cl2N5O5. The zero-order chi connectivity index (χ0) is 23.1. The van der Waals surface area contributed by atoms with E-state index >= 15 is 0 Å². The van der Waals surface area contributed by atoms with Crippen molar-refractivity contribution < 1.29 is 23.9 Å². The van der Waals surface area contributed by atoms with E-state index in [4.69, 9.17) is 49.0 Å². The van der Waals surface area contributed by atoms with Gasteiger partial charge in [-0.05, 0) is 42.5 Å². The SMILES string of the molecule is NC(=O)COc1ccc(/C(N)=N/OC(=O)c2ccn(COc3c(Cl)cccc3Cl)n2)cc1. The van der Waals surface area contributed by atoms with Gasteiger partial charge in [0.25, 0.3) is 5.91 Å². The number of carbonyl (C=O) groups excluding carboxylic acids is 2. The molecule has 0 aliphatic rings. The first kappa shape index (κ1) is 22.9. The first-order valence-corrected chi connectivity index (χ1v) is 9.75. The number of para-hydroxylation sites is 1. The number of amides is 1. The van der Waals surface area contributed by atoms with E-state index in [0.717, 1.165) is 0 Å². The van der Waals surface area contributed by atoms with Crippen molar-refractivity contribution in [1.82, 2.24) is 9.78 Å². The molecule has 32 heavy (non-hydrogen) atoms. The molecule has 3 rings (SSSR count). The van der Waals surface area contributed by atoms with Crippen LogP contribution in [0.4, 0.5) is 0 Å². The highest BCUT2D eigenvalue weighted by atomic mass is 35.5. The van der Waals surface area contributed by atoms with Crippen molar-refractivity contribution in [2.75, 3.05) is 6.61 Å². The summed E-state index contributed by atoms with van der Waals surface area (Å²) in [6, 6.07) is 12.7. The highest BCUT2D eigenvalue weighted by Gasteiger charge is 2.13. The number of nitrogens with two attached hydrogens (primary N) is 2. The number of hydrogen-bond donors (Lipinski definition) is 2. The molecule has 1 aromatic heterocycles. The van der Waals surface area contributed by atoms with E-state index in [1.807, 2.05) is 0 Å². The second kappa shape index (κ2) is 10.5.